The van der Waals surface area contributed by atoms with Gasteiger partial charge >= 0.3 is 0 Å². The maximum atomic E-state index is 9.36. The Labute approximate surface area is 160 Å². The number of piperazine rings is 1. The zero-order chi connectivity index (χ0) is 18.5. The van der Waals surface area contributed by atoms with Gasteiger partial charge in [0, 0.05) is 32.4 Å². The van der Waals surface area contributed by atoms with Crippen molar-refractivity contribution in [2.75, 3.05) is 31.1 Å². The van der Waals surface area contributed by atoms with E-state index in [4.69, 9.17) is 0 Å². The molecule has 0 spiro atoms. The van der Waals surface area contributed by atoms with Crippen LogP contribution in [0, 0.1) is 11.3 Å². The van der Waals surface area contributed by atoms with Gasteiger partial charge in [0.1, 0.15) is 11.9 Å². The fourth-order valence-electron chi connectivity index (χ4n) is 3.81. The molecule has 0 atom stereocenters. The van der Waals surface area contributed by atoms with Gasteiger partial charge in [0.15, 0.2) is 0 Å². The molecule has 0 bridgehead atoms. The molecule has 1 saturated heterocycles. The van der Waals surface area contributed by atoms with Crippen LogP contribution >= 0.6 is 0 Å². The summed E-state index contributed by atoms with van der Waals surface area (Å²) in [5.41, 5.74) is 3.27. The Kier molecular flexibility index (Phi) is 5.13. The molecule has 0 radical (unpaired) electrons. The zero-order valence-corrected chi connectivity index (χ0v) is 15.2. The topological polar surface area (TPSA) is 43.2 Å². The van der Waals surface area contributed by atoms with Crippen LogP contribution in [0.2, 0.25) is 0 Å². The second-order valence-corrected chi connectivity index (χ2v) is 6.73. The van der Waals surface area contributed by atoms with Gasteiger partial charge in [-0.25, -0.2) is 4.98 Å². The third-order valence-electron chi connectivity index (χ3n) is 5.12. The van der Waals surface area contributed by atoms with Gasteiger partial charge in [-0.1, -0.05) is 60.7 Å². The van der Waals surface area contributed by atoms with Crippen molar-refractivity contribution in [1.82, 2.24) is 9.88 Å². The van der Waals surface area contributed by atoms with Crippen LogP contribution in [0.25, 0.3) is 0 Å². The monoisotopic (exact) mass is 354 g/mol. The Morgan fingerprint density at radius 2 is 1.37 bits per heavy atom. The second kappa shape index (κ2) is 8.03. The fraction of sp³-hybridized carbons (Fsp3) is 0.217. The van der Waals surface area contributed by atoms with Crippen LogP contribution < -0.4 is 4.90 Å². The predicted molar refractivity (Wildman–Crippen MR) is 107 cm³/mol. The number of aromatic nitrogens is 1. The molecule has 0 N–H and O–H groups in total. The largest absolute Gasteiger partial charge is 0.353 e. The summed E-state index contributed by atoms with van der Waals surface area (Å²) in [7, 11) is 0. The molecule has 2 aromatic carbocycles. The van der Waals surface area contributed by atoms with Crippen LogP contribution in [-0.4, -0.2) is 36.1 Å². The van der Waals surface area contributed by atoms with Gasteiger partial charge in [-0.15, -0.1) is 0 Å². The molecule has 3 aromatic rings. The first-order valence-electron chi connectivity index (χ1n) is 9.31. The number of hydrogen-bond acceptors (Lipinski definition) is 4. The highest BCUT2D eigenvalue weighted by molar-refractivity contribution is 5.53. The van der Waals surface area contributed by atoms with E-state index in [2.05, 4.69) is 81.5 Å². The number of hydrogen-bond donors (Lipinski definition) is 0. The number of rotatable bonds is 4. The Bertz CT molecular complexity index is 870. The fourth-order valence-corrected chi connectivity index (χ4v) is 3.81. The Morgan fingerprint density at radius 1 is 0.778 bits per heavy atom. The first-order chi connectivity index (χ1) is 13.4. The normalized spacial score (nSPS) is 14.9. The molecule has 0 aliphatic carbocycles. The van der Waals surface area contributed by atoms with Gasteiger partial charge < -0.3 is 4.90 Å². The minimum absolute atomic E-state index is 0.244. The molecule has 134 valence electrons. The minimum atomic E-state index is 0.244. The molecule has 4 heteroatoms. The van der Waals surface area contributed by atoms with E-state index in [1.165, 1.54) is 11.1 Å². The van der Waals surface area contributed by atoms with Crippen molar-refractivity contribution < 1.29 is 0 Å². The Balaban J connectivity index is 1.57. The van der Waals surface area contributed by atoms with E-state index in [-0.39, 0.29) is 6.04 Å². The summed E-state index contributed by atoms with van der Waals surface area (Å²) >= 11 is 0. The Hall–Kier alpha value is -3.16. The van der Waals surface area contributed by atoms with Crippen LogP contribution in [0.3, 0.4) is 0 Å². The highest BCUT2D eigenvalue weighted by atomic mass is 15.3. The summed E-state index contributed by atoms with van der Waals surface area (Å²) in [6.07, 6.45) is 1.76. The summed E-state index contributed by atoms with van der Waals surface area (Å²) < 4.78 is 0. The SMILES string of the molecule is N#Cc1cccnc1N1CCN(C(c2ccccc2)c2ccccc2)CC1. The van der Waals surface area contributed by atoms with E-state index in [0.717, 1.165) is 32.0 Å². The van der Waals surface area contributed by atoms with E-state index in [1.54, 1.807) is 6.20 Å². The summed E-state index contributed by atoms with van der Waals surface area (Å²) in [6, 6.07) is 27.5. The van der Waals surface area contributed by atoms with Crippen LogP contribution in [0.5, 0.6) is 0 Å². The zero-order valence-electron chi connectivity index (χ0n) is 15.2. The lowest BCUT2D eigenvalue weighted by Gasteiger charge is -2.40. The standard InChI is InChI=1S/C23H22N4/c24-18-21-12-7-13-25-23(21)27-16-14-26(15-17-27)22(19-8-3-1-4-9-19)20-10-5-2-6-11-20/h1-13,22H,14-17H2. The van der Waals surface area contributed by atoms with Gasteiger partial charge in [-0.3, -0.25) is 4.90 Å². The summed E-state index contributed by atoms with van der Waals surface area (Å²) in [5, 5.41) is 9.36. The lowest BCUT2D eigenvalue weighted by molar-refractivity contribution is 0.212. The lowest BCUT2D eigenvalue weighted by atomic mass is 9.96. The van der Waals surface area contributed by atoms with Gasteiger partial charge in [-0.05, 0) is 23.3 Å². The smallest absolute Gasteiger partial charge is 0.146 e. The summed E-state index contributed by atoms with van der Waals surface area (Å²) in [4.78, 5) is 9.19. The average Bonchev–Trinajstić information content (AvgIpc) is 2.76. The number of benzene rings is 2. The average molecular weight is 354 g/mol. The molecule has 1 aromatic heterocycles. The summed E-state index contributed by atoms with van der Waals surface area (Å²) in [6.45, 7) is 3.58. The van der Waals surface area contributed by atoms with Crippen LogP contribution in [0.15, 0.2) is 79.0 Å². The van der Waals surface area contributed by atoms with Crippen molar-refractivity contribution in [1.29, 1.82) is 5.26 Å². The van der Waals surface area contributed by atoms with E-state index in [0.29, 0.717) is 5.56 Å². The minimum Gasteiger partial charge on any atom is -0.353 e. The van der Waals surface area contributed by atoms with Crippen molar-refractivity contribution >= 4 is 5.82 Å². The van der Waals surface area contributed by atoms with Gasteiger partial charge in [-0.2, -0.15) is 5.26 Å². The van der Waals surface area contributed by atoms with E-state index in [1.807, 2.05) is 12.1 Å². The third-order valence-corrected chi connectivity index (χ3v) is 5.12. The molecule has 1 aliphatic rings. The molecular weight excluding hydrogens is 332 g/mol. The second-order valence-electron chi connectivity index (χ2n) is 6.73. The maximum Gasteiger partial charge on any atom is 0.146 e. The molecule has 27 heavy (non-hydrogen) atoms. The Morgan fingerprint density at radius 3 is 1.93 bits per heavy atom. The van der Waals surface area contributed by atoms with E-state index in [9.17, 15) is 5.26 Å². The van der Waals surface area contributed by atoms with Crippen LogP contribution in [-0.2, 0) is 0 Å². The molecule has 0 saturated carbocycles. The van der Waals surface area contributed by atoms with Crippen LogP contribution in [0.4, 0.5) is 5.82 Å². The molecule has 2 heterocycles. The molecule has 1 aliphatic heterocycles. The third kappa shape index (κ3) is 3.69. The summed E-state index contributed by atoms with van der Waals surface area (Å²) in [5.74, 6) is 0.802. The molecule has 4 nitrogen and oxygen atoms in total. The number of anilines is 1. The van der Waals surface area contributed by atoms with Crippen molar-refractivity contribution in [3.63, 3.8) is 0 Å². The quantitative estimate of drug-likeness (QED) is 0.713. The maximum absolute atomic E-state index is 9.36. The lowest BCUT2D eigenvalue weighted by Crippen LogP contribution is -2.48. The number of nitrogens with zero attached hydrogens (tertiary/aromatic N) is 4. The van der Waals surface area contributed by atoms with Crippen molar-refractivity contribution in [3.8, 4) is 6.07 Å². The first kappa shape index (κ1) is 17.3. The highest BCUT2D eigenvalue weighted by Crippen LogP contribution is 2.30. The van der Waals surface area contributed by atoms with Gasteiger partial charge in [0.2, 0.25) is 0 Å². The number of pyridine rings is 1. The van der Waals surface area contributed by atoms with Crippen molar-refractivity contribution in [3.05, 3.63) is 95.7 Å². The molecular formula is C23H22N4. The molecule has 1 fully saturated rings. The van der Waals surface area contributed by atoms with Crippen molar-refractivity contribution in [2.45, 2.75) is 6.04 Å². The van der Waals surface area contributed by atoms with Gasteiger partial charge in [0.05, 0.1) is 11.6 Å². The molecule has 0 unspecified atom stereocenters. The molecule has 0 amide bonds. The van der Waals surface area contributed by atoms with Gasteiger partial charge in [0.25, 0.3) is 0 Å². The van der Waals surface area contributed by atoms with E-state index < -0.39 is 0 Å². The van der Waals surface area contributed by atoms with E-state index >= 15 is 0 Å². The van der Waals surface area contributed by atoms with Crippen molar-refractivity contribution in [2.24, 2.45) is 0 Å². The molecule has 4 rings (SSSR count). The highest BCUT2D eigenvalue weighted by Gasteiger charge is 2.27. The van der Waals surface area contributed by atoms with Crippen LogP contribution in [0.1, 0.15) is 22.7 Å². The predicted octanol–water partition coefficient (Wildman–Crippen LogP) is 3.86. The first-order valence-corrected chi connectivity index (χ1v) is 9.31. The number of nitriles is 1.